The van der Waals surface area contributed by atoms with Gasteiger partial charge in [-0.1, -0.05) is 6.92 Å². The van der Waals surface area contributed by atoms with Crippen molar-refractivity contribution >= 4 is 11.9 Å². The lowest BCUT2D eigenvalue weighted by molar-refractivity contribution is -0.127. The molecule has 0 aromatic rings. The molecule has 1 rings (SSSR count). The lowest BCUT2D eigenvalue weighted by Crippen LogP contribution is -2.30. The monoisotopic (exact) mass is 156 g/mol. The van der Waals surface area contributed by atoms with E-state index in [1.807, 2.05) is 6.92 Å². The van der Waals surface area contributed by atoms with Crippen molar-refractivity contribution in [3.63, 3.8) is 0 Å². The molecule has 0 spiro atoms. The van der Waals surface area contributed by atoms with Crippen molar-refractivity contribution in [3.8, 4) is 0 Å². The molecular formula is C7H12N2O2. The first-order chi connectivity index (χ1) is 5.09. The Morgan fingerprint density at radius 1 is 1.36 bits per heavy atom. The summed E-state index contributed by atoms with van der Waals surface area (Å²) in [5.41, 5.74) is 0. The van der Waals surface area contributed by atoms with Crippen LogP contribution < -0.4 is 0 Å². The molecule has 11 heavy (non-hydrogen) atoms. The zero-order valence-electron chi connectivity index (χ0n) is 7.00. The van der Waals surface area contributed by atoms with Gasteiger partial charge in [0.1, 0.15) is 6.04 Å². The highest BCUT2D eigenvalue weighted by Crippen LogP contribution is 2.15. The molecule has 0 aliphatic carbocycles. The number of nitrogens with zero attached hydrogens (tertiary/aromatic N) is 2. The highest BCUT2D eigenvalue weighted by Gasteiger charge is 2.39. The third kappa shape index (κ3) is 0.982. The molecule has 1 saturated heterocycles. The molecule has 0 N–H and O–H groups in total. The fourth-order valence-electron chi connectivity index (χ4n) is 1.30. The van der Waals surface area contributed by atoms with Gasteiger partial charge in [0.15, 0.2) is 0 Å². The van der Waals surface area contributed by atoms with E-state index >= 15 is 0 Å². The predicted octanol–water partition coefficient (Wildman–Crippen LogP) is 0.289. The minimum absolute atomic E-state index is 0.0972. The third-order valence-electron chi connectivity index (χ3n) is 2.06. The smallest absolute Gasteiger partial charge is 0.315 e. The molecular weight excluding hydrogens is 144 g/mol. The Hall–Kier alpha value is -1.06. The standard InChI is InChI=1S/C7H12N2O2/c1-4-5-6(10)9(3)7(11)8(5)2/h5H,4H2,1-3H3. The Bertz CT molecular complexity index is 203. The predicted molar refractivity (Wildman–Crippen MR) is 40.0 cm³/mol. The summed E-state index contributed by atoms with van der Waals surface area (Å²) in [6.45, 7) is 1.89. The number of urea groups is 1. The van der Waals surface area contributed by atoms with E-state index in [-0.39, 0.29) is 18.0 Å². The van der Waals surface area contributed by atoms with Crippen molar-refractivity contribution in [1.82, 2.24) is 9.80 Å². The van der Waals surface area contributed by atoms with E-state index in [4.69, 9.17) is 0 Å². The van der Waals surface area contributed by atoms with Gasteiger partial charge in [-0.2, -0.15) is 0 Å². The second-order valence-corrected chi connectivity index (χ2v) is 2.71. The van der Waals surface area contributed by atoms with Crippen LogP contribution in [-0.2, 0) is 4.79 Å². The van der Waals surface area contributed by atoms with Gasteiger partial charge in [0.25, 0.3) is 5.91 Å². The number of hydrogen-bond acceptors (Lipinski definition) is 2. The minimum Gasteiger partial charge on any atom is -0.315 e. The van der Waals surface area contributed by atoms with Crippen molar-refractivity contribution < 1.29 is 9.59 Å². The van der Waals surface area contributed by atoms with Crippen LogP contribution in [0.5, 0.6) is 0 Å². The van der Waals surface area contributed by atoms with Crippen molar-refractivity contribution in [2.45, 2.75) is 19.4 Å². The van der Waals surface area contributed by atoms with Gasteiger partial charge in [0.2, 0.25) is 0 Å². The molecule has 3 amide bonds. The summed E-state index contributed by atoms with van der Waals surface area (Å²) in [4.78, 5) is 25.0. The maximum atomic E-state index is 11.2. The van der Waals surface area contributed by atoms with Crippen LogP contribution in [0.2, 0.25) is 0 Å². The second-order valence-electron chi connectivity index (χ2n) is 2.71. The normalized spacial score (nSPS) is 25.2. The lowest BCUT2D eigenvalue weighted by atomic mass is 10.2. The molecule has 1 atom stereocenters. The largest absolute Gasteiger partial charge is 0.326 e. The Morgan fingerprint density at radius 3 is 2.09 bits per heavy atom. The average molecular weight is 156 g/mol. The number of carbonyl (C=O) groups is 2. The first-order valence-corrected chi connectivity index (χ1v) is 3.64. The van der Waals surface area contributed by atoms with E-state index in [9.17, 15) is 9.59 Å². The quantitative estimate of drug-likeness (QED) is 0.512. The highest BCUT2D eigenvalue weighted by atomic mass is 16.2. The average Bonchev–Trinajstić information content (AvgIpc) is 2.17. The van der Waals surface area contributed by atoms with Crippen molar-refractivity contribution in [3.05, 3.63) is 0 Å². The van der Waals surface area contributed by atoms with E-state index in [0.29, 0.717) is 6.42 Å². The van der Waals surface area contributed by atoms with E-state index in [1.165, 1.54) is 11.9 Å². The highest BCUT2D eigenvalue weighted by molar-refractivity contribution is 6.03. The first-order valence-electron chi connectivity index (χ1n) is 3.64. The molecule has 4 nitrogen and oxygen atoms in total. The summed E-state index contributed by atoms with van der Waals surface area (Å²) in [7, 11) is 3.16. The molecule has 4 heteroatoms. The SMILES string of the molecule is CCC1C(=O)N(C)C(=O)N1C. The molecule has 1 unspecified atom stereocenters. The lowest BCUT2D eigenvalue weighted by Gasteiger charge is -2.12. The van der Waals surface area contributed by atoms with Gasteiger partial charge in [-0.15, -0.1) is 0 Å². The number of amides is 3. The molecule has 62 valence electrons. The van der Waals surface area contributed by atoms with E-state index in [0.717, 1.165) is 4.90 Å². The molecule has 0 aromatic carbocycles. The molecule has 0 radical (unpaired) electrons. The second kappa shape index (κ2) is 2.53. The topological polar surface area (TPSA) is 40.6 Å². The number of carbonyl (C=O) groups excluding carboxylic acids is 2. The van der Waals surface area contributed by atoms with E-state index in [2.05, 4.69) is 0 Å². The molecule has 1 heterocycles. The van der Waals surface area contributed by atoms with Crippen LogP contribution in [0.4, 0.5) is 4.79 Å². The van der Waals surface area contributed by atoms with Gasteiger partial charge in [0.05, 0.1) is 0 Å². The fraction of sp³-hybridized carbons (Fsp3) is 0.714. The number of likely N-dealkylation sites (N-methyl/N-ethyl adjacent to an activating group) is 2. The number of hydrogen-bond donors (Lipinski definition) is 0. The van der Waals surface area contributed by atoms with Crippen LogP contribution in [0.15, 0.2) is 0 Å². The van der Waals surface area contributed by atoms with E-state index < -0.39 is 0 Å². The molecule has 1 aliphatic heterocycles. The van der Waals surface area contributed by atoms with Crippen LogP contribution in [0, 0.1) is 0 Å². The van der Waals surface area contributed by atoms with Crippen molar-refractivity contribution in [2.75, 3.05) is 14.1 Å². The molecule has 0 aromatic heterocycles. The van der Waals surface area contributed by atoms with Crippen molar-refractivity contribution in [1.29, 1.82) is 0 Å². The molecule has 0 saturated carbocycles. The first kappa shape index (κ1) is 8.04. The maximum absolute atomic E-state index is 11.2. The Morgan fingerprint density at radius 2 is 1.91 bits per heavy atom. The Kier molecular flexibility index (Phi) is 1.85. The summed E-state index contributed by atoms with van der Waals surface area (Å²) >= 11 is 0. The van der Waals surface area contributed by atoms with Crippen LogP contribution in [0.25, 0.3) is 0 Å². The van der Waals surface area contributed by atoms with Crippen LogP contribution >= 0.6 is 0 Å². The number of rotatable bonds is 1. The summed E-state index contributed by atoms with van der Waals surface area (Å²) in [6, 6.07) is -0.450. The van der Waals surface area contributed by atoms with Gasteiger partial charge >= 0.3 is 6.03 Å². The van der Waals surface area contributed by atoms with Gasteiger partial charge in [-0.3, -0.25) is 9.69 Å². The summed E-state index contributed by atoms with van der Waals surface area (Å²) in [5, 5.41) is 0. The zero-order valence-corrected chi connectivity index (χ0v) is 7.00. The fourth-order valence-corrected chi connectivity index (χ4v) is 1.30. The van der Waals surface area contributed by atoms with Crippen LogP contribution in [-0.4, -0.2) is 41.9 Å². The maximum Gasteiger partial charge on any atom is 0.326 e. The third-order valence-corrected chi connectivity index (χ3v) is 2.06. The van der Waals surface area contributed by atoms with Gasteiger partial charge in [0, 0.05) is 14.1 Å². The zero-order chi connectivity index (χ0) is 8.59. The molecule has 0 bridgehead atoms. The summed E-state index contributed by atoms with van der Waals surface area (Å²) in [6.07, 6.45) is 0.686. The Labute approximate surface area is 65.8 Å². The van der Waals surface area contributed by atoms with Crippen molar-refractivity contribution in [2.24, 2.45) is 0 Å². The van der Waals surface area contributed by atoms with Gasteiger partial charge in [-0.05, 0) is 6.42 Å². The van der Waals surface area contributed by atoms with Crippen LogP contribution in [0.1, 0.15) is 13.3 Å². The van der Waals surface area contributed by atoms with Crippen LogP contribution in [0.3, 0.4) is 0 Å². The molecule has 1 fully saturated rings. The summed E-state index contributed by atoms with van der Waals surface area (Å²) < 4.78 is 0. The number of imide groups is 1. The van der Waals surface area contributed by atoms with Gasteiger partial charge in [-0.25, -0.2) is 4.79 Å². The molecule has 1 aliphatic rings. The Balaban J connectivity index is 2.86. The summed E-state index contributed by atoms with van der Waals surface area (Å²) in [5.74, 6) is -0.0972. The van der Waals surface area contributed by atoms with E-state index in [1.54, 1.807) is 7.05 Å². The van der Waals surface area contributed by atoms with Gasteiger partial charge < -0.3 is 4.90 Å². The minimum atomic E-state index is -0.243.